The molecule has 0 radical (unpaired) electrons. The highest BCUT2D eigenvalue weighted by molar-refractivity contribution is 6.18. The van der Waals surface area contributed by atoms with E-state index in [-0.39, 0.29) is 29.7 Å². The summed E-state index contributed by atoms with van der Waals surface area (Å²) in [6, 6.07) is 5.70. The topological polar surface area (TPSA) is 126 Å². The third-order valence-electron chi connectivity index (χ3n) is 4.07. The van der Waals surface area contributed by atoms with Crippen LogP contribution in [0.2, 0.25) is 0 Å². The Morgan fingerprint density at radius 2 is 1.77 bits per heavy atom. The molecule has 0 saturated heterocycles. The molecule has 2 rings (SSSR count). The minimum Gasteiger partial charge on any atom is -0.433 e. The van der Waals surface area contributed by atoms with Gasteiger partial charge in [0.1, 0.15) is 24.0 Å². The Hall–Kier alpha value is -3.27. The van der Waals surface area contributed by atoms with Crippen molar-refractivity contribution in [1.29, 1.82) is 0 Å². The SMILES string of the molecule is CC1=C(OC(=O)OCCCl)C(c2cccc([N+](=O)[O-])c2)C(OC(=O)OC(C)C)=C(C)N1. The number of nitro groups is 1. The van der Waals surface area contributed by atoms with Gasteiger partial charge < -0.3 is 24.3 Å². The summed E-state index contributed by atoms with van der Waals surface area (Å²) in [7, 11) is 0. The normalized spacial score (nSPS) is 16.0. The van der Waals surface area contributed by atoms with Crippen LogP contribution in [0.25, 0.3) is 0 Å². The van der Waals surface area contributed by atoms with Gasteiger partial charge in [0.25, 0.3) is 5.69 Å². The molecule has 0 amide bonds. The minimum absolute atomic E-state index is 0.0537. The number of nitrogens with zero attached hydrogens (tertiary/aromatic N) is 1. The van der Waals surface area contributed by atoms with E-state index in [1.807, 2.05) is 0 Å². The number of alkyl halides is 1. The van der Waals surface area contributed by atoms with Gasteiger partial charge in [-0.2, -0.15) is 0 Å². The van der Waals surface area contributed by atoms with Crippen LogP contribution in [0.15, 0.2) is 47.2 Å². The van der Waals surface area contributed by atoms with Crippen LogP contribution >= 0.6 is 11.6 Å². The van der Waals surface area contributed by atoms with E-state index in [1.54, 1.807) is 33.8 Å². The Morgan fingerprint density at radius 3 is 2.32 bits per heavy atom. The molecule has 1 N–H and O–H groups in total. The van der Waals surface area contributed by atoms with Crippen molar-refractivity contribution < 1.29 is 33.5 Å². The maximum absolute atomic E-state index is 12.2. The van der Waals surface area contributed by atoms with Gasteiger partial charge >= 0.3 is 12.3 Å². The second-order valence-corrected chi connectivity index (χ2v) is 7.17. The summed E-state index contributed by atoms with van der Waals surface area (Å²) in [5, 5.41) is 14.2. The van der Waals surface area contributed by atoms with Gasteiger partial charge in [-0.1, -0.05) is 12.1 Å². The highest BCUT2D eigenvalue weighted by Gasteiger charge is 2.36. The quantitative estimate of drug-likeness (QED) is 0.270. The van der Waals surface area contributed by atoms with Crippen molar-refractivity contribution in [3.05, 3.63) is 62.9 Å². The van der Waals surface area contributed by atoms with E-state index in [2.05, 4.69) is 5.32 Å². The lowest BCUT2D eigenvalue weighted by atomic mass is 9.90. The molecule has 168 valence electrons. The maximum Gasteiger partial charge on any atom is 0.513 e. The number of ether oxygens (including phenoxy) is 4. The zero-order valence-corrected chi connectivity index (χ0v) is 18.2. The summed E-state index contributed by atoms with van der Waals surface area (Å²) in [6.07, 6.45) is -2.42. The van der Waals surface area contributed by atoms with Crippen molar-refractivity contribution in [3.63, 3.8) is 0 Å². The number of carbonyl (C=O) groups excluding carboxylic acids is 2. The molecule has 1 aliphatic heterocycles. The molecule has 1 unspecified atom stereocenters. The lowest BCUT2D eigenvalue weighted by Gasteiger charge is -2.30. The first-order chi connectivity index (χ1) is 14.6. The molecule has 1 aromatic rings. The van der Waals surface area contributed by atoms with Gasteiger partial charge in [0.2, 0.25) is 0 Å². The number of hydrogen-bond acceptors (Lipinski definition) is 9. The van der Waals surface area contributed by atoms with Gasteiger partial charge in [0.05, 0.1) is 28.3 Å². The monoisotopic (exact) mass is 454 g/mol. The lowest BCUT2D eigenvalue weighted by molar-refractivity contribution is -0.384. The number of non-ortho nitro benzene ring substituents is 1. The van der Waals surface area contributed by atoms with Crippen LogP contribution in [0, 0.1) is 10.1 Å². The van der Waals surface area contributed by atoms with Crippen molar-refractivity contribution in [2.45, 2.75) is 39.7 Å². The highest BCUT2D eigenvalue weighted by Crippen LogP contribution is 2.40. The number of carbonyl (C=O) groups is 2. The Bertz CT molecular complexity index is 926. The van der Waals surface area contributed by atoms with Gasteiger partial charge in [-0.15, -0.1) is 11.6 Å². The molecule has 0 bridgehead atoms. The molecule has 1 aliphatic rings. The summed E-state index contributed by atoms with van der Waals surface area (Å²) in [5.41, 5.74) is 1.05. The van der Waals surface area contributed by atoms with Crippen molar-refractivity contribution in [2.75, 3.05) is 12.5 Å². The Labute approximate surface area is 183 Å². The maximum atomic E-state index is 12.2. The van der Waals surface area contributed by atoms with E-state index < -0.39 is 29.3 Å². The fourth-order valence-electron chi connectivity index (χ4n) is 2.90. The Balaban J connectivity index is 2.51. The van der Waals surface area contributed by atoms with Gasteiger partial charge in [-0.25, -0.2) is 9.59 Å². The molecule has 0 aromatic heterocycles. The predicted octanol–water partition coefficient (Wildman–Crippen LogP) is 4.70. The average Bonchev–Trinajstić information content (AvgIpc) is 2.69. The van der Waals surface area contributed by atoms with Gasteiger partial charge in [0.15, 0.2) is 0 Å². The third kappa shape index (κ3) is 6.35. The standard InChI is InChI=1S/C20H23ClN2O8/c1-11(2)29-20(25)31-18-13(4)22-12(3)17(30-19(24)28-9-8-21)16(18)14-6-5-7-15(10-14)23(26)27/h5-7,10-11,16,22H,8-9H2,1-4H3. The van der Waals surface area contributed by atoms with E-state index >= 15 is 0 Å². The van der Waals surface area contributed by atoms with E-state index in [0.29, 0.717) is 17.0 Å². The van der Waals surface area contributed by atoms with E-state index in [9.17, 15) is 19.7 Å². The molecule has 11 heteroatoms. The molecule has 1 aromatic carbocycles. The molecule has 0 spiro atoms. The number of allylic oxidation sites excluding steroid dienone is 2. The Kier molecular flexibility index (Phi) is 8.26. The predicted molar refractivity (Wildman–Crippen MR) is 110 cm³/mol. The third-order valence-corrected chi connectivity index (χ3v) is 4.22. The van der Waals surface area contributed by atoms with Gasteiger partial charge in [0, 0.05) is 12.1 Å². The second-order valence-electron chi connectivity index (χ2n) is 6.80. The molecular formula is C20H23ClN2O8. The fourth-order valence-corrected chi connectivity index (χ4v) is 2.97. The second kappa shape index (κ2) is 10.7. The van der Waals surface area contributed by atoms with Crippen molar-refractivity contribution in [2.24, 2.45) is 0 Å². The van der Waals surface area contributed by atoms with Crippen LogP contribution in [0.5, 0.6) is 0 Å². The van der Waals surface area contributed by atoms with E-state index in [1.165, 1.54) is 18.2 Å². The van der Waals surface area contributed by atoms with Crippen LogP contribution in [0.3, 0.4) is 0 Å². The van der Waals surface area contributed by atoms with Crippen LogP contribution in [-0.4, -0.2) is 35.8 Å². The first-order valence-corrected chi connectivity index (χ1v) is 9.89. The van der Waals surface area contributed by atoms with Crippen LogP contribution in [0.4, 0.5) is 15.3 Å². The molecule has 31 heavy (non-hydrogen) atoms. The number of hydrogen-bond donors (Lipinski definition) is 1. The molecule has 0 fully saturated rings. The van der Waals surface area contributed by atoms with Crippen molar-refractivity contribution in [1.82, 2.24) is 5.32 Å². The Morgan fingerprint density at radius 1 is 1.16 bits per heavy atom. The summed E-state index contributed by atoms with van der Waals surface area (Å²) in [6.45, 7) is 6.53. The highest BCUT2D eigenvalue weighted by atomic mass is 35.5. The smallest absolute Gasteiger partial charge is 0.433 e. The zero-order chi connectivity index (χ0) is 23.1. The molecule has 0 saturated carbocycles. The van der Waals surface area contributed by atoms with E-state index in [0.717, 1.165) is 0 Å². The molecule has 1 heterocycles. The largest absolute Gasteiger partial charge is 0.513 e. The lowest BCUT2D eigenvalue weighted by Crippen LogP contribution is -2.29. The van der Waals surface area contributed by atoms with Crippen LogP contribution in [-0.2, 0) is 18.9 Å². The molecule has 10 nitrogen and oxygen atoms in total. The van der Waals surface area contributed by atoms with Crippen LogP contribution < -0.4 is 5.32 Å². The average molecular weight is 455 g/mol. The van der Waals surface area contributed by atoms with Crippen LogP contribution in [0.1, 0.15) is 39.2 Å². The van der Waals surface area contributed by atoms with Crippen molar-refractivity contribution >= 4 is 29.6 Å². The first-order valence-electron chi connectivity index (χ1n) is 9.36. The molecular weight excluding hydrogens is 432 g/mol. The van der Waals surface area contributed by atoms with Gasteiger partial charge in [-0.3, -0.25) is 10.1 Å². The number of halogens is 1. The van der Waals surface area contributed by atoms with Crippen molar-refractivity contribution in [3.8, 4) is 0 Å². The molecule has 1 atom stereocenters. The number of benzene rings is 1. The summed E-state index contributed by atoms with van der Waals surface area (Å²) >= 11 is 5.53. The van der Waals surface area contributed by atoms with E-state index in [4.69, 9.17) is 30.5 Å². The fraction of sp³-hybridized carbons (Fsp3) is 0.400. The minimum atomic E-state index is -1.02. The summed E-state index contributed by atoms with van der Waals surface area (Å²) < 4.78 is 20.7. The number of nitro benzene ring substituents is 1. The first kappa shape index (κ1) is 24.0. The van der Waals surface area contributed by atoms with Gasteiger partial charge in [-0.05, 0) is 33.3 Å². The summed E-state index contributed by atoms with van der Waals surface area (Å²) in [4.78, 5) is 35.0. The number of rotatable bonds is 7. The number of nitrogens with one attached hydrogen (secondary N) is 1. The zero-order valence-electron chi connectivity index (χ0n) is 17.5. The molecule has 0 aliphatic carbocycles. The number of dihydropyridines is 1. The summed E-state index contributed by atoms with van der Waals surface area (Å²) in [5.74, 6) is -0.756.